The van der Waals surface area contributed by atoms with E-state index in [-0.39, 0.29) is 5.82 Å². The normalized spacial score (nSPS) is 16.6. The summed E-state index contributed by atoms with van der Waals surface area (Å²) in [6, 6.07) is 4.21. The van der Waals surface area contributed by atoms with E-state index in [4.69, 9.17) is 5.73 Å². The van der Waals surface area contributed by atoms with Crippen LogP contribution in [0.2, 0.25) is 0 Å². The fourth-order valence-corrected chi connectivity index (χ4v) is 3.51. The van der Waals surface area contributed by atoms with Gasteiger partial charge in [-0.1, -0.05) is 0 Å². The van der Waals surface area contributed by atoms with Crippen LogP contribution >= 0.6 is 0 Å². The molecule has 0 atom stereocenters. The van der Waals surface area contributed by atoms with Crippen LogP contribution in [0.3, 0.4) is 0 Å². The minimum atomic E-state index is -0.161. The van der Waals surface area contributed by atoms with Crippen molar-refractivity contribution in [3.63, 3.8) is 0 Å². The largest absolute Gasteiger partial charge is 0.384 e. The zero-order valence-corrected chi connectivity index (χ0v) is 12.5. The second kappa shape index (κ2) is 4.44. The highest BCUT2D eigenvalue weighted by Crippen LogP contribution is 2.43. The maximum absolute atomic E-state index is 15.0. The molecule has 1 aromatic carbocycles. The van der Waals surface area contributed by atoms with Gasteiger partial charge in [0, 0.05) is 41.2 Å². The Labute approximate surface area is 132 Å². The molecule has 5 nitrogen and oxygen atoms in total. The van der Waals surface area contributed by atoms with Gasteiger partial charge in [-0.2, -0.15) is 0 Å². The molecular formula is C17H16FN5. The summed E-state index contributed by atoms with van der Waals surface area (Å²) >= 11 is 0. The van der Waals surface area contributed by atoms with E-state index in [9.17, 15) is 0 Å². The molecule has 0 amide bonds. The first-order valence-electron chi connectivity index (χ1n) is 7.90. The number of anilines is 2. The van der Waals surface area contributed by atoms with E-state index in [0.29, 0.717) is 23.8 Å². The second-order valence-corrected chi connectivity index (χ2v) is 6.27. The van der Waals surface area contributed by atoms with E-state index in [1.807, 2.05) is 18.3 Å². The number of halogens is 1. The molecule has 3 aromatic rings. The number of nitrogens with one attached hydrogen (secondary N) is 1. The van der Waals surface area contributed by atoms with E-state index in [1.54, 1.807) is 0 Å². The zero-order chi connectivity index (χ0) is 15.6. The second-order valence-electron chi connectivity index (χ2n) is 6.27. The summed E-state index contributed by atoms with van der Waals surface area (Å²) < 4.78 is 17.1. The Morgan fingerprint density at radius 2 is 2.09 bits per heavy atom. The number of nitrogens with zero attached hydrogens (tertiary/aromatic N) is 3. The Hall–Kier alpha value is -2.63. The number of nitrogens with two attached hydrogens (primary N) is 1. The standard InChI is InChI=1S/C17H16FN5/c18-15-10(3-4-13-11(15)5-6-20-13)12-7-23(9-1-2-9)17-14(12)16(19)21-8-22-17/h3-4,7-9,20H,1-2,5-6H2,(H2,19,21,22). The first-order valence-corrected chi connectivity index (χ1v) is 7.90. The Morgan fingerprint density at radius 1 is 1.22 bits per heavy atom. The molecule has 0 saturated heterocycles. The molecule has 23 heavy (non-hydrogen) atoms. The lowest BCUT2D eigenvalue weighted by molar-refractivity contribution is 0.619. The molecule has 0 unspecified atom stereocenters. The summed E-state index contributed by atoms with van der Waals surface area (Å²) in [6.07, 6.45) is 6.43. The fourth-order valence-electron chi connectivity index (χ4n) is 3.51. The predicted molar refractivity (Wildman–Crippen MR) is 87.8 cm³/mol. The van der Waals surface area contributed by atoms with Gasteiger partial charge in [0.1, 0.15) is 23.6 Å². The maximum atomic E-state index is 15.0. The summed E-state index contributed by atoms with van der Waals surface area (Å²) in [5.41, 5.74) is 9.91. The molecular weight excluding hydrogens is 293 g/mol. The van der Waals surface area contributed by atoms with Crippen LogP contribution in [0.1, 0.15) is 24.4 Å². The monoisotopic (exact) mass is 309 g/mol. The lowest BCUT2D eigenvalue weighted by Gasteiger charge is -2.07. The SMILES string of the molecule is Nc1ncnc2c1c(-c1ccc3c(c1F)CCN3)cn2C1CC1. The molecule has 0 spiro atoms. The molecule has 1 aliphatic carbocycles. The first-order chi connectivity index (χ1) is 11.2. The number of aromatic nitrogens is 3. The van der Waals surface area contributed by atoms with Gasteiger partial charge in [-0.25, -0.2) is 14.4 Å². The van der Waals surface area contributed by atoms with Crippen molar-refractivity contribution in [2.45, 2.75) is 25.3 Å². The average molecular weight is 309 g/mol. The minimum Gasteiger partial charge on any atom is -0.384 e. The van der Waals surface area contributed by atoms with Crippen LogP contribution in [0.15, 0.2) is 24.7 Å². The van der Waals surface area contributed by atoms with Crippen molar-refractivity contribution >= 4 is 22.5 Å². The highest BCUT2D eigenvalue weighted by atomic mass is 19.1. The molecule has 6 heteroatoms. The van der Waals surface area contributed by atoms with Crippen molar-refractivity contribution in [2.24, 2.45) is 0 Å². The Morgan fingerprint density at radius 3 is 2.91 bits per heavy atom. The molecule has 2 aromatic heterocycles. The van der Waals surface area contributed by atoms with Gasteiger partial charge in [0.2, 0.25) is 0 Å². The summed E-state index contributed by atoms with van der Waals surface area (Å²) in [5, 5.41) is 3.96. The van der Waals surface area contributed by atoms with Crippen molar-refractivity contribution in [2.75, 3.05) is 17.6 Å². The molecule has 2 aliphatic rings. The third kappa shape index (κ3) is 1.78. The van der Waals surface area contributed by atoms with E-state index >= 15 is 4.39 Å². The highest BCUT2D eigenvalue weighted by molar-refractivity contribution is 6.01. The molecule has 5 rings (SSSR count). The number of hydrogen-bond acceptors (Lipinski definition) is 4. The van der Waals surface area contributed by atoms with E-state index in [0.717, 1.165) is 47.2 Å². The molecule has 1 fully saturated rings. The smallest absolute Gasteiger partial charge is 0.146 e. The number of rotatable bonds is 2. The third-order valence-electron chi connectivity index (χ3n) is 4.80. The highest BCUT2D eigenvalue weighted by Gasteiger charge is 2.29. The molecule has 3 N–H and O–H groups in total. The molecule has 3 heterocycles. The van der Waals surface area contributed by atoms with Gasteiger partial charge in [0.25, 0.3) is 0 Å². The van der Waals surface area contributed by atoms with Crippen molar-refractivity contribution in [3.05, 3.63) is 36.0 Å². The van der Waals surface area contributed by atoms with Crippen LogP contribution in [-0.4, -0.2) is 21.1 Å². The van der Waals surface area contributed by atoms with Gasteiger partial charge in [0.05, 0.1) is 5.39 Å². The van der Waals surface area contributed by atoms with Crippen molar-refractivity contribution < 1.29 is 4.39 Å². The lowest BCUT2D eigenvalue weighted by Crippen LogP contribution is -1.96. The van der Waals surface area contributed by atoms with Crippen molar-refractivity contribution in [1.82, 2.24) is 14.5 Å². The molecule has 0 bridgehead atoms. The van der Waals surface area contributed by atoms with Gasteiger partial charge in [-0.3, -0.25) is 0 Å². The van der Waals surface area contributed by atoms with Crippen LogP contribution in [-0.2, 0) is 6.42 Å². The van der Waals surface area contributed by atoms with Crippen LogP contribution in [0.5, 0.6) is 0 Å². The van der Waals surface area contributed by atoms with Crippen molar-refractivity contribution in [1.29, 1.82) is 0 Å². The van der Waals surface area contributed by atoms with Crippen LogP contribution in [0, 0.1) is 5.82 Å². The quantitative estimate of drug-likeness (QED) is 0.763. The summed E-state index contributed by atoms with van der Waals surface area (Å²) in [4.78, 5) is 8.50. The number of benzene rings is 1. The van der Waals surface area contributed by atoms with Crippen LogP contribution in [0.25, 0.3) is 22.2 Å². The van der Waals surface area contributed by atoms with Gasteiger partial charge in [-0.05, 0) is 31.4 Å². The third-order valence-corrected chi connectivity index (χ3v) is 4.80. The first kappa shape index (κ1) is 12.9. The van der Waals surface area contributed by atoms with Gasteiger partial charge < -0.3 is 15.6 Å². The Bertz CT molecular complexity index is 942. The van der Waals surface area contributed by atoms with E-state index < -0.39 is 0 Å². The molecule has 116 valence electrons. The summed E-state index contributed by atoms with van der Waals surface area (Å²) in [7, 11) is 0. The predicted octanol–water partition coefficient (Wildman–Crippen LogP) is 3.12. The van der Waals surface area contributed by atoms with Gasteiger partial charge in [0.15, 0.2) is 0 Å². The Balaban J connectivity index is 1.81. The van der Waals surface area contributed by atoms with Crippen LogP contribution < -0.4 is 11.1 Å². The van der Waals surface area contributed by atoms with E-state index in [1.165, 1.54) is 6.33 Å². The lowest BCUT2D eigenvalue weighted by atomic mass is 10.0. The number of fused-ring (bicyclic) bond motifs is 2. The fraction of sp³-hybridized carbons (Fsp3) is 0.294. The van der Waals surface area contributed by atoms with Gasteiger partial charge in [-0.15, -0.1) is 0 Å². The summed E-state index contributed by atoms with van der Waals surface area (Å²) in [5.74, 6) is 0.244. The van der Waals surface area contributed by atoms with Gasteiger partial charge >= 0.3 is 0 Å². The van der Waals surface area contributed by atoms with E-state index in [2.05, 4.69) is 19.9 Å². The number of nitrogen functional groups attached to an aromatic ring is 1. The average Bonchev–Trinajstić information content (AvgIpc) is 3.14. The van der Waals surface area contributed by atoms with Crippen LogP contribution in [0.4, 0.5) is 15.9 Å². The minimum absolute atomic E-state index is 0.161. The topological polar surface area (TPSA) is 68.8 Å². The maximum Gasteiger partial charge on any atom is 0.146 e. The van der Waals surface area contributed by atoms with Crippen molar-refractivity contribution in [3.8, 4) is 11.1 Å². The molecule has 1 saturated carbocycles. The molecule has 0 radical (unpaired) electrons. The number of hydrogen-bond donors (Lipinski definition) is 2. The Kier molecular flexibility index (Phi) is 2.48. The molecule has 1 aliphatic heterocycles. The summed E-state index contributed by atoms with van der Waals surface area (Å²) in [6.45, 7) is 0.783. The zero-order valence-electron chi connectivity index (χ0n) is 12.5.